The smallest absolute Gasteiger partial charge is 0.223 e. The second-order valence-corrected chi connectivity index (χ2v) is 11.1. The molecule has 0 saturated carbocycles. The molecule has 1 aromatic heterocycles. The summed E-state index contributed by atoms with van der Waals surface area (Å²) in [6.45, 7) is 9.59. The van der Waals surface area contributed by atoms with Crippen molar-refractivity contribution < 1.29 is 9.53 Å². The van der Waals surface area contributed by atoms with Gasteiger partial charge < -0.3 is 14.2 Å². The fourth-order valence-corrected chi connectivity index (χ4v) is 5.16. The lowest BCUT2D eigenvalue weighted by molar-refractivity contribution is -0.128. The van der Waals surface area contributed by atoms with Gasteiger partial charge in [-0.25, -0.2) is 4.98 Å². The molecule has 1 aliphatic heterocycles. The minimum Gasteiger partial charge on any atom is -0.494 e. The van der Waals surface area contributed by atoms with E-state index in [-0.39, 0.29) is 17.2 Å². The first-order chi connectivity index (χ1) is 17.9. The first-order valence-electron chi connectivity index (χ1n) is 13.4. The second-order valence-electron chi connectivity index (χ2n) is 11.1. The molecule has 5 nitrogen and oxygen atoms in total. The van der Waals surface area contributed by atoms with Crippen LogP contribution in [0.4, 0.5) is 0 Å². The van der Waals surface area contributed by atoms with E-state index in [2.05, 4.69) is 79.9 Å². The molecule has 1 amide bonds. The molecular weight excluding hydrogens is 458 g/mol. The zero-order chi connectivity index (χ0) is 25.8. The molecule has 0 bridgehead atoms. The molecule has 2 heterocycles. The standard InChI is InChI=1S/C32H37N3O2/c1-32(2,3)26-15-17-27(18-16-26)37-20-10-9-19-35-29-14-8-7-13-28(29)33-31(35)25-21-30(36)34(23-25)22-24-11-5-4-6-12-24/h4-8,11-18,25H,9-10,19-23H2,1-3H3. The molecule has 5 heteroatoms. The third-order valence-electron chi connectivity index (χ3n) is 7.25. The van der Waals surface area contributed by atoms with E-state index in [0.717, 1.165) is 47.6 Å². The summed E-state index contributed by atoms with van der Waals surface area (Å²) in [5.74, 6) is 2.27. The Labute approximate surface area is 220 Å². The summed E-state index contributed by atoms with van der Waals surface area (Å²) in [6, 6.07) is 27.0. The van der Waals surface area contributed by atoms with Crippen LogP contribution in [-0.2, 0) is 23.3 Å². The Morgan fingerprint density at radius 2 is 1.65 bits per heavy atom. The Kier molecular flexibility index (Phi) is 7.31. The number of unbranched alkanes of at least 4 members (excludes halogenated alkanes) is 1. The Balaban J connectivity index is 1.22. The number of hydrogen-bond donors (Lipinski definition) is 0. The number of carbonyl (C=O) groups excluding carboxylic acids is 1. The van der Waals surface area contributed by atoms with Gasteiger partial charge in [0.15, 0.2) is 0 Å². The van der Waals surface area contributed by atoms with E-state index in [1.165, 1.54) is 5.56 Å². The van der Waals surface area contributed by atoms with Gasteiger partial charge in [-0.05, 0) is 53.6 Å². The van der Waals surface area contributed by atoms with Crippen molar-refractivity contribution in [3.05, 3.63) is 95.8 Å². The van der Waals surface area contributed by atoms with Crippen LogP contribution in [-0.4, -0.2) is 33.5 Å². The summed E-state index contributed by atoms with van der Waals surface area (Å²) in [5, 5.41) is 0. The molecule has 3 aromatic carbocycles. The lowest BCUT2D eigenvalue weighted by atomic mass is 9.87. The highest BCUT2D eigenvalue weighted by Gasteiger charge is 2.33. The molecule has 1 fully saturated rings. The van der Waals surface area contributed by atoms with Crippen molar-refractivity contribution >= 4 is 16.9 Å². The number of aryl methyl sites for hydroxylation is 1. The van der Waals surface area contributed by atoms with Crippen LogP contribution in [0.25, 0.3) is 11.0 Å². The maximum atomic E-state index is 12.9. The fourth-order valence-electron chi connectivity index (χ4n) is 5.16. The van der Waals surface area contributed by atoms with Gasteiger partial charge in [0.25, 0.3) is 0 Å². The van der Waals surface area contributed by atoms with Crippen molar-refractivity contribution in [1.82, 2.24) is 14.5 Å². The van der Waals surface area contributed by atoms with Crippen molar-refractivity contribution in [2.24, 2.45) is 0 Å². The number of aromatic nitrogens is 2. The van der Waals surface area contributed by atoms with Crippen LogP contribution >= 0.6 is 0 Å². The lowest BCUT2D eigenvalue weighted by Crippen LogP contribution is -2.24. The van der Waals surface area contributed by atoms with E-state index in [4.69, 9.17) is 9.72 Å². The van der Waals surface area contributed by atoms with E-state index < -0.39 is 0 Å². The van der Waals surface area contributed by atoms with Gasteiger partial charge in [0.2, 0.25) is 5.91 Å². The number of hydrogen-bond acceptors (Lipinski definition) is 3. The highest BCUT2D eigenvalue weighted by atomic mass is 16.5. The number of benzene rings is 3. The molecule has 37 heavy (non-hydrogen) atoms. The number of imidazole rings is 1. The third kappa shape index (κ3) is 5.87. The summed E-state index contributed by atoms with van der Waals surface area (Å²) >= 11 is 0. The molecule has 192 valence electrons. The lowest BCUT2D eigenvalue weighted by Gasteiger charge is -2.19. The molecule has 1 unspecified atom stereocenters. The van der Waals surface area contributed by atoms with Gasteiger partial charge in [-0.1, -0.05) is 75.4 Å². The van der Waals surface area contributed by atoms with Crippen LogP contribution in [0.15, 0.2) is 78.9 Å². The molecule has 0 radical (unpaired) electrons. The van der Waals surface area contributed by atoms with E-state index in [0.29, 0.717) is 26.1 Å². The van der Waals surface area contributed by atoms with E-state index in [1.807, 2.05) is 29.2 Å². The van der Waals surface area contributed by atoms with Gasteiger partial charge in [0.05, 0.1) is 17.6 Å². The summed E-state index contributed by atoms with van der Waals surface area (Å²) < 4.78 is 8.35. The van der Waals surface area contributed by atoms with Gasteiger partial charge in [0.1, 0.15) is 11.6 Å². The Bertz CT molecular complexity index is 1340. The van der Waals surface area contributed by atoms with E-state index in [9.17, 15) is 4.79 Å². The number of likely N-dealkylation sites (tertiary alicyclic amines) is 1. The number of carbonyl (C=O) groups is 1. The van der Waals surface area contributed by atoms with Gasteiger partial charge in [0, 0.05) is 32.0 Å². The van der Waals surface area contributed by atoms with Gasteiger partial charge in [-0.2, -0.15) is 0 Å². The van der Waals surface area contributed by atoms with Crippen molar-refractivity contribution in [2.45, 2.75) is 64.5 Å². The van der Waals surface area contributed by atoms with Crippen molar-refractivity contribution in [2.75, 3.05) is 13.2 Å². The highest BCUT2D eigenvalue weighted by Crippen LogP contribution is 2.31. The largest absolute Gasteiger partial charge is 0.494 e. The number of nitrogens with zero attached hydrogens (tertiary/aromatic N) is 3. The van der Waals surface area contributed by atoms with Crippen LogP contribution in [0.1, 0.15) is 62.9 Å². The fraction of sp³-hybridized carbons (Fsp3) is 0.375. The van der Waals surface area contributed by atoms with Gasteiger partial charge in [-0.15, -0.1) is 0 Å². The molecule has 0 aliphatic carbocycles. The molecule has 1 saturated heterocycles. The molecule has 1 aliphatic rings. The minimum absolute atomic E-state index is 0.112. The van der Waals surface area contributed by atoms with Crippen LogP contribution in [0.5, 0.6) is 5.75 Å². The van der Waals surface area contributed by atoms with E-state index >= 15 is 0 Å². The van der Waals surface area contributed by atoms with Crippen molar-refractivity contribution in [1.29, 1.82) is 0 Å². The summed E-state index contributed by atoms with van der Waals surface area (Å²) in [6.07, 6.45) is 2.46. The maximum absolute atomic E-state index is 12.9. The second kappa shape index (κ2) is 10.8. The predicted molar refractivity (Wildman–Crippen MR) is 149 cm³/mol. The topological polar surface area (TPSA) is 47.4 Å². The van der Waals surface area contributed by atoms with E-state index in [1.54, 1.807) is 0 Å². The molecule has 1 atom stereocenters. The highest BCUT2D eigenvalue weighted by molar-refractivity contribution is 5.81. The monoisotopic (exact) mass is 495 g/mol. The van der Waals surface area contributed by atoms with Crippen LogP contribution in [0.2, 0.25) is 0 Å². The Hall–Kier alpha value is -3.60. The molecular formula is C32H37N3O2. The number of para-hydroxylation sites is 2. The SMILES string of the molecule is CC(C)(C)c1ccc(OCCCCn2c(C3CC(=O)N(Cc4ccccc4)C3)nc3ccccc32)cc1. The first kappa shape index (κ1) is 25.1. The average molecular weight is 496 g/mol. The maximum Gasteiger partial charge on any atom is 0.223 e. The predicted octanol–water partition coefficient (Wildman–Crippen LogP) is 6.71. The van der Waals surface area contributed by atoms with Gasteiger partial charge in [-0.3, -0.25) is 4.79 Å². The molecule has 5 rings (SSSR count). The zero-order valence-electron chi connectivity index (χ0n) is 22.2. The Morgan fingerprint density at radius 1 is 0.919 bits per heavy atom. The normalized spacial score (nSPS) is 16.0. The first-order valence-corrected chi connectivity index (χ1v) is 13.4. The zero-order valence-corrected chi connectivity index (χ0v) is 22.2. The summed E-state index contributed by atoms with van der Waals surface area (Å²) in [4.78, 5) is 19.8. The summed E-state index contributed by atoms with van der Waals surface area (Å²) in [7, 11) is 0. The number of rotatable bonds is 9. The quantitative estimate of drug-likeness (QED) is 0.243. The van der Waals surface area contributed by atoms with Crippen molar-refractivity contribution in [3.63, 3.8) is 0 Å². The van der Waals surface area contributed by atoms with Gasteiger partial charge >= 0.3 is 0 Å². The Morgan fingerprint density at radius 3 is 2.41 bits per heavy atom. The molecule has 0 N–H and O–H groups in total. The third-order valence-corrected chi connectivity index (χ3v) is 7.25. The average Bonchev–Trinajstić information content (AvgIpc) is 3.44. The minimum atomic E-state index is 0.112. The van der Waals surface area contributed by atoms with Crippen LogP contribution in [0.3, 0.4) is 0 Å². The molecule has 0 spiro atoms. The summed E-state index contributed by atoms with van der Waals surface area (Å²) in [5.41, 5.74) is 4.77. The number of amides is 1. The van der Waals surface area contributed by atoms with Crippen LogP contribution < -0.4 is 4.74 Å². The van der Waals surface area contributed by atoms with Crippen LogP contribution in [0, 0.1) is 0 Å². The van der Waals surface area contributed by atoms with Crippen molar-refractivity contribution in [3.8, 4) is 5.75 Å². The number of ether oxygens (including phenoxy) is 1. The molecule has 4 aromatic rings. The number of fused-ring (bicyclic) bond motifs is 1.